The summed E-state index contributed by atoms with van der Waals surface area (Å²) in [6.45, 7) is 5.76. The number of amides is 1. The molecule has 1 amide bonds. The van der Waals surface area contributed by atoms with Crippen LogP contribution in [0.2, 0.25) is 5.02 Å². The number of halogens is 1. The Labute approximate surface area is 183 Å². The van der Waals surface area contributed by atoms with E-state index in [2.05, 4.69) is 27.0 Å². The van der Waals surface area contributed by atoms with Gasteiger partial charge in [0.05, 0.1) is 15.5 Å². The van der Waals surface area contributed by atoms with Gasteiger partial charge in [0.25, 0.3) is 5.91 Å². The molecule has 0 saturated carbocycles. The summed E-state index contributed by atoms with van der Waals surface area (Å²) >= 11 is 8.83. The molecule has 1 aromatic heterocycles. The van der Waals surface area contributed by atoms with Gasteiger partial charge in [0, 0.05) is 31.9 Å². The van der Waals surface area contributed by atoms with Gasteiger partial charge in [-0.1, -0.05) is 40.8 Å². The zero-order valence-corrected chi connectivity index (χ0v) is 18.9. The van der Waals surface area contributed by atoms with E-state index in [0.29, 0.717) is 41.4 Å². The lowest BCUT2D eigenvalue weighted by Crippen LogP contribution is -2.47. The molecule has 1 aliphatic rings. The van der Waals surface area contributed by atoms with Crippen LogP contribution in [0.1, 0.15) is 10.4 Å². The molecule has 12 heteroatoms. The van der Waals surface area contributed by atoms with E-state index in [1.54, 1.807) is 6.08 Å². The zero-order chi connectivity index (χ0) is 21.0. The number of rotatable bonds is 7. The van der Waals surface area contributed by atoms with Crippen LogP contribution in [0.3, 0.4) is 0 Å². The third kappa shape index (κ3) is 5.36. The van der Waals surface area contributed by atoms with Crippen LogP contribution in [0, 0.1) is 0 Å². The summed E-state index contributed by atoms with van der Waals surface area (Å²) in [5, 5.41) is 11.0. The van der Waals surface area contributed by atoms with Gasteiger partial charge in [0.2, 0.25) is 15.2 Å². The van der Waals surface area contributed by atoms with Crippen LogP contribution >= 0.6 is 34.7 Å². The first-order valence-electron chi connectivity index (χ1n) is 8.68. The van der Waals surface area contributed by atoms with Gasteiger partial charge in [-0.05, 0) is 25.2 Å². The van der Waals surface area contributed by atoms with E-state index in [-0.39, 0.29) is 15.5 Å². The van der Waals surface area contributed by atoms with Crippen LogP contribution < -0.4 is 5.32 Å². The van der Waals surface area contributed by atoms with E-state index in [9.17, 15) is 13.2 Å². The maximum absolute atomic E-state index is 12.9. The fraction of sp³-hybridized carbons (Fsp3) is 0.353. The minimum absolute atomic E-state index is 0.0381. The number of sulfonamides is 1. The van der Waals surface area contributed by atoms with Crippen molar-refractivity contribution in [1.82, 2.24) is 19.4 Å². The van der Waals surface area contributed by atoms with Crippen LogP contribution in [0.5, 0.6) is 0 Å². The van der Waals surface area contributed by atoms with Crippen LogP contribution in [0.4, 0.5) is 5.13 Å². The van der Waals surface area contributed by atoms with E-state index >= 15 is 0 Å². The summed E-state index contributed by atoms with van der Waals surface area (Å²) < 4.78 is 28.0. The number of piperazine rings is 1. The number of likely N-dealkylation sites (N-methyl/N-ethyl adjacent to an activating group) is 1. The summed E-state index contributed by atoms with van der Waals surface area (Å²) in [5.41, 5.74) is 0.0670. The van der Waals surface area contributed by atoms with Gasteiger partial charge in [-0.3, -0.25) is 10.1 Å². The summed E-state index contributed by atoms with van der Waals surface area (Å²) in [7, 11) is -1.76. The molecule has 0 spiro atoms. The summed E-state index contributed by atoms with van der Waals surface area (Å²) in [4.78, 5) is 14.8. The molecule has 1 N–H and O–H groups in total. The molecule has 0 unspecified atom stereocenters. The number of nitrogens with one attached hydrogen (secondary N) is 1. The molecule has 1 saturated heterocycles. The van der Waals surface area contributed by atoms with Crippen molar-refractivity contribution in [2.75, 3.05) is 44.3 Å². The maximum Gasteiger partial charge on any atom is 0.259 e. The molecule has 1 aliphatic heterocycles. The van der Waals surface area contributed by atoms with Crippen molar-refractivity contribution in [3.8, 4) is 0 Å². The molecule has 1 fully saturated rings. The molecule has 0 aliphatic carbocycles. The molecule has 0 bridgehead atoms. The Bertz CT molecular complexity index is 1000. The highest BCUT2D eigenvalue weighted by atomic mass is 35.5. The van der Waals surface area contributed by atoms with Crippen molar-refractivity contribution >= 4 is 55.8 Å². The zero-order valence-electron chi connectivity index (χ0n) is 15.7. The molecular weight excluding hydrogens is 454 g/mol. The third-order valence-corrected chi connectivity index (χ3v) is 8.43. The fourth-order valence-electron chi connectivity index (χ4n) is 2.63. The van der Waals surface area contributed by atoms with Crippen molar-refractivity contribution in [3.63, 3.8) is 0 Å². The Balaban J connectivity index is 1.78. The molecule has 29 heavy (non-hydrogen) atoms. The van der Waals surface area contributed by atoms with E-state index in [1.165, 1.54) is 45.6 Å². The minimum atomic E-state index is -3.71. The predicted molar refractivity (Wildman–Crippen MR) is 116 cm³/mol. The van der Waals surface area contributed by atoms with Crippen molar-refractivity contribution in [3.05, 3.63) is 41.4 Å². The number of benzene rings is 1. The second-order valence-electron chi connectivity index (χ2n) is 6.28. The Morgan fingerprint density at radius 3 is 2.76 bits per heavy atom. The predicted octanol–water partition coefficient (Wildman–Crippen LogP) is 2.66. The van der Waals surface area contributed by atoms with Crippen LogP contribution in [0.15, 0.2) is 40.1 Å². The van der Waals surface area contributed by atoms with Crippen LogP contribution in [-0.4, -0.2) is 72.7 Å². The quantitative estimate of drug-likeness (QED) is 0.375. The summed E-state index contributed by atoms with van der Waals surface area (Å²) in [6.07, 6.45) is 1.75. The lowest BCUT2D eigenvalue weighted by molar-refractivity contribution is 0.102. The molecule has 156 valence electrons. The van der Waals surface area contributed by atoms with Gasteiger partial charge in [0.15, 0.2) is 4.34 Å². The highest BCUT2D eigenvalue weighted by molar-refractivity contribution is 8.01. The van der Waals surface area contributed by atoms with E-state index in [1.807, 2.05) is 7.05 Å². The maximum atomic E-state index is 12.9. The number of carbonyl (C=O) groups excluding carboxylic acids is 1. The fourth-order valence-corrected chi connectivity index (χ4v) is 5.79. The SMILES string of the molecule is C=CCSc1nnc(NC(=O)c2cc(S(=O)(=O)N3CCN(C)CC3)ccc2Cl)s1. The van der Waals surface area contributed by atoms with Crippen LogP contribution in [-0.2, 0) is 10.0 Å². The first-order chi connectivity index (χ1) is 13.8. The van der Waals surface area contributed by atoms with Crippen molar-refractivity contribution in [1.29, 1.82) is 0 Å². The highest BCUT2D eigenvalue weighted by Crippen LogP contribution is 2.28. The molecular formula is C17H20ClN5O3S3. The van der Waals surface area contributed by atoms with E-state index in [4.69, 9.17) is 11.6 Å². The molecule has 2 heterocycles. The standard InChI is InChI=1S/C17H20ClN5O3S3/c1-3-10-27-17-21-20-16(28-17)19-15(24)13-11-12(4-5-14(13)18)29(25,26)23-8-6-22(2)7-9-23/h3-5,11H,1,6-10H2,2H3,(H,19,20,24). The van der Waals surface area contributed by atoms with Crippen LogP contribution in [0.25, 0.3) is 0 Å². The third-order valence-electron chi connectivity index (χ3n) is 4.23. The topological polar surface area (TPSA) is 95.5 Å². The monoisotopic (exact) mass is 473 g/mol. The minimum Gasteiger partial charge on any atom is -0.304 e. The summed E-state index contributed by atoms with van der Waals surface area (Å²) in [5.74, 6) is 0.141. The molecule has 0 radical (unpaired) electrons. The Hall–Kier alpha value is -1.50. The number of carbonyl (C=O) groups is 1. The van der Waals surface area contributed by atoms with Gasteiger partial charge >= 0.3 is 0 Å². The molecule has 8 nitrogen and oxygen atoms in total. The largest absolute Gasteiger partial charge is 0.304 e. The number of anilines is 1. The number of nitrogens with zero attached hydrogens (tertiary/aromatic N) is 4. The number of aromatic nitrogens is 2. The lowest BCUT2D eigenvalue weighted by Gasteiger charge is -2.31. The Kier molecular flexibility index (Phi) is 7.30. The lowest BCUT2D eigenvalue weighted by atomic mass is 10.2. The average molecular weight is 474 g/mol. The molecule has 3 rings (SSSR count). The highest BCUT2D eigenvalue weighted by Gasteiger charge is 2.28. The number of thioether (sulfide) groups is 1. The normalized spacial score (nSPS) is 15.9. The second kappa shape index (κ2) is 9.54. The van der Waals surface area contributed by atoms with Gasteiger partial charge in [-0.25, -0.2) is 8.42 Å². The molecule has 1 aromatic carbocycles. The van der Waals surface area contributed by atoms with Gasteiger partial charge in [0.1, 0.15) is 0 Å². The summed E-state index contributed by atoms with van der Waals surface area (Å²) in [6, 6.07) is 4.15. The van der Waals surface area contributed by atoms with Gasteiger partial charge < -0.3 is 4.90 Å². The first-order valence-corrected chi connectivity index (χ1v) is 12.3. The van der Waals surface area contributed by atoms with Gasteiger partial charge in [-0.2, -0.15) is 4.31 Å². The number of hydrogen-bond acceptors (Lipinski definition) is 8. The van der Waals surface area contributed by atoms with Gasteiger partial charge in [-0.15, -0.1) is 16.8 Å². The molecule has 0 atom stereocenters. The van der Waals surface area contributed by atoms with E-state index < -0.39 is 15.9 Å². The van der Waals surface area contributed by atoms with Crippen molar-refractivity contribution < 1.29 is 13.2 Å². The van der Waals surface area contributed by atoms with E-state index in [0.717, 1.165) is 0 Å². The Morgan fingerprint density at radius 1 is 1.34 bits per heavy atom. The first kappa shape index (κ1) is 22.2. The van der Waals surface area contributed by atoms with Crippen molar-refractivity contribution in [2.24, 2.45) is 0 Å². The Morgan fingerprint density at radius 2 is 2.07 bits per heavy atom. The molecule has 2 aromatic rings. The average Bonchev–Trinajstić information content (AvgIpc) is 3.14. The second-order valence-corrected chi connectivity index (χ2v) is 10.9. The smallest absolute Gasteiger partial charge is 0.259 e. The number of hydrogen-bond donors (Lipinski definition) is 1. The van der Waals surface area contributed by atoms with Crippen molar-refractivity contribution in [2.45, 2.75) is 9.24 Å².